The molecule has 1 aliphatic rings. The van der Waals surface area contributed by atoms with E-state index in [1.807, 2.05) is 20.8 Å². The molecule has 1 saturated heterocycles. The Hall–Kier alpha value is -0.810. The normalized spacial score (nSPS) is 18.6. The molecule has 1 rings (SSSR count). The minimum atomic E-state index is -0.424. The van der Waals surface area contributed by atoms with Gasteiger partial charge in [-0.15, -0.1) is 0 Å². The Balaban J connectivity index is 2.33. The smallest absolute Gasteiger partial charge is 0.410 e. The van der Waals surface area contributed by atoms with Crippen LogP contribution < -0.4 is 4.90 Å². The molecule has 94 valence electrons. The Kier molecular flexibility index (Phi) is 4.56. The number of carbonyl (C=O) groups excluding carboxylic acids is 1. The van der Waals surface area contributed by atoms with Gasteiger partial charge in [-0.1, -0.05) is 0 Å². The van der Waals surface area contributed by atoms with E-state index in [9.17, 15) is 4.79 Å². The minimum Gasteiger partial charge on any atom is -0.444 e. The van der Waals surface area contributed by atoms with E-state index >= 15 is 0 Å². The number of rotatable bonds is 2. The van der Waals surface area contributed by atoms with E-state index in [0.717, 1.165) is 19.6 Å². The van der Waals surface area contributed by atoms with Crippen LogP contribution in [0.1, 0.15) is 20.8 Å². The molecule has 0 aromatic carbocycles. The lowest BCUT2D eigenvalue weighted by Gasteiger charge is -2.33. The molecule has 0 bridgehead atoms. The van der Waals surface area contributed by atoms with Gasteiger partial charge < -0.3 is 14.7 Å². The number of hydrogen-bond acceptors (Lipinski definition) is 3. The van der Waals surface area contributed by atoms with Gasteiger partial charge in [0.25, 0.3) is 0 Å². The van der Waals surface area contributed by atoms with E-state index in [2.05, 4.69) is 0 Å². The van der Waals surface area contributed by atoms with Gasteiger partial charge in [0.15, 0.2) is 0 Å². The number of aliphatic hydroxyl groups is 1. The molecule has 5 heteroatoms. The minimum absolute atomic E-state index is 0.210. The second-order valence-electron chi connectivity index (χ2n) is 5.19. The third kappa shape index (κ3) is 4.37. The van der Waals surface area contributed by atoms with Gasteiger partial charge in [0.2, 0.25) is 0 Å². The largest absolute Gasteiger partial charge is 0.444 e. The molecular weight excluding hydrogens is 208 g/mol. The number of nitrogens with one attached hydrogen (secondary N) is 1. The van der Waals surface area contributed by atoms with E-state index < -0.39 is 5.60 Å². The molecule has 1 aliphatic heterocycles. The second-order valence-corrected chi connectivity index (χ2v) is 5.19. The lowest BCUT2D eigenvalue weighted by atomic mass is 10.2. The lowest BCUT2D eigenvalue weighted by Crippen LogP contribution is -3.15. The number of hydrogen-bond donors (Lipinski definition) is 2. The van der Waals surface area contributed by atoms with Crippen LogP contribution in [0.2, 0.25) is 0 Å². The van der Waals surface area contributed by atoms with Crippen molar-refractivity contribution in [3.05, 3.63) is 0 Å². The van der Waals surface area contributed by atoms with Gasteiger partial charge in [-0.05, 0) is 20.8 Å². The van der Waals surface area contributed by atoms with Crippen molar-refractivity contribution in [2.45, 2.75) is 26.4 Å². The quantitative estimate of drug-likeness (QED) is 0.648. The Bertz CT molecular complexity index is 230. The third-order valence-corrected chi connectivity index (χ3v) is 2.59. The van der Waals surface area contributed by atoms with Gasteiger partial charge >= 0.3 is 6.09 Å². The SMILES string of the molecule is CC(C)(C)OC(=O)N1CC[NH+](CCO)CC1. The summed E-state index contributed by atoms with van der Waals surface area (Å²) in [7, 11) is 0. The van der Waals surface area contributed by atoms with Crippen LogP contribution in [0.5, 0.6) is 0 Å². The first kappa shape index (κ1) is 13.3. The van der Waals surface area contributed by atoms with Crippen LogP contribution in [0.3, 0.4) is 0 Å². The van der Waals surface area contributed by atoms with Gasteiger partial charge in [-0.25, -0.2) is 4.79 Å². The highest BCUT2D eigenvalue weighted by Gasteiger charge is 2.27. The zero-order valence-corrected chi connectivity index (χ0v) is 10.5. The number of quaternary nitrogens is 1. The molecule has 0 aromatic heterocycles. The van der Waals surface area contributed by atoms with Crippen molar-refractivity contribution in [1.82, 2.24) is 4.90 Å². The fraction of sp³-hybridized carbons (Fsp3) is 0.909. The van der Waals surface area contributed by atoms with Crippen molar-refractivity contribution in [1.29, 1.82) is 0 Å². The summed E-state index contributed by atoms with van der Waals surface area (Å²) in [6.07, 6.45) is -0.226. The zero-order chi connectivity index (χ0) is 12.2. The summed E-state index contributed by atoms with van der Waals surface area (Å²) in [4.78, 5) is 14.8. The summed E-state index contributed by atoms with van der Waals surface area (Å²) in [6.45, 7) is 9.80. The molecule has 1 fully saturated rings. The average Bonchev–Trinajstić information content (AvgIpc) is 2.16. The summed E-state index contributed by atoms with van der Waals surface area (Å²) in [5.74, 6) is 0. The monoisotopic (exact) mass is 231 g/mol. The Morgan fingerprint density at radius 1 is 1.38 bits per heavy atom. The molecule has 2 N–H and O–H groups in total. The Morgan fingerprint density at radius 2 is 1.94 bits per heavy atom. The number of ether oxygens (including phenoxy) is 1. The molecule has 16 heavy (non-hydrogen) atoms. The molecular formula is C11H23N2O3+. The van der Waals surface area contributed by atoms with Crippen LogP contribution >= 0.6 is 0 Å². The van der Waals surface area contributed by atoms with Crippen LogP contribution in [0.25, 0.3) is 0 Å². The Labute approximate surface area is 97.0 Å². The van der Waals surface area contributed by atoms with Crippen molar-refractivity contribution >= 4 is 6.09 Å². The predicted molar refractivity (Wildman–Crippen MR) is 60.5 cm³/mol. The predicted octanol–water partition coefficient (Wildman–Crippen LogP) is -0.886. The fourth-order valence-electron chi connectivity index (χ4n) is 1.74. The summed E-state index contributed by atoms with van der Waals surface area (Å²) in [6, 6.07) is 0. The summed E-state index contributed by atoms with van der Waals surface area (Å²) in [5.41, 5.74) is -0.424. The highest BCUT2D eigenvalue weighted by molar-refractivity contribution is 5.68. The van der Waals surface area contributed by atoms with E-state index in [1.165, 1.54) is 4.90 Å². The summed E-state index contributed by atoms with van der Waals surface area (Å²) < 4.78 is 5.30. The van der Waals surface area contributed by atoms with Crippen molar-refractivity contribution in [3.8, 4) is 0 Å². The molecule has 0 atom stereocenters. The first-order valence-electron chi connectivity index (χ1n) is 5.85. The molecule has 1 heterocycles. The van der Waals surface area contributed by atoms with Gasteiger partial charge in [-0.3, -0.25) is 4.90 Å². The van der Waals surface area contributed by atoms with E-state index in [0.29, 0.717) is 13.1 Å². The highest BCUT2D eigenvalue weighted by Crippen LogP contribution is 2.09. The molecule has 0 saturated carbocycles. The van der Waals surface area contributed by atoms with Crippen LogP contribution in [0.15, 0.2) is 0 Å². The number of aliphatic hydroxyl groups excluding tert-OH is 1. The molecule has 0 aliphatic carbocycles. The molecule has 0 unspecified atom stereocenters. The van der Waals surface area contributed by atoms with Gasteiger partial charge in [-0.2, -0.15) is 0 Å². The molecule has 1 amide bonds. The van der Waals surface area contributed by atoms with Gasteiger partial charge in [0, 0.05) is 0 Å². The first-order valence-corrected chi connectivity index (χ1v) is 5.85. The van der Waals surface area contributed by atoms with Gasteiger partial charge in [0.05, 0.1) is 32.8 Å². The van der Waals surface area contributed by atoms with E-state index in [4.69, 9.17) is 9.84 Å². The first-order chi connectivity index (χ1) is 7.42. The summed E-state index contributed by atoms with van der Waals surface area (Å²) in [5, 5.41) is 8.82. The molecule has 0 radical (unpaired) electrons. The maximum atomic E-state index is 11.7. The van der Waals surface area contributed by atoms with Crippen LogP contribution in [-0.2, 0) is 4.74 Å². The zero-order valence-electron chi connectivity index (χ0n) is 10.5. The maximum Gasteiger partial charge on any atom is 0.410 e. The maximum absolute atomic E-state index is 11.7. The van der Waals surface area contributed by atoms with Crippen molar-refractivity contribution in [2.75, 3.05) is 39.3 Å². The van der Waals surface area contributed by atoms with Crippen molar-refractivity contribution < 1.29 is 19.5 Å². The fourth-order valence-corrected chi connectivity index (χ4v) is 1.74. The second kappa shape index (κ2) is 5.50. The van der Waals surface area contributed by atoms with Crippen molar-refractivity contribution in [2.24, 2.45) is 0 Å². The molecule has 0 aromatic rings. The van der Waals surface area contributed by atoms with Crippen LogP contribution in [-0.4, -0.2) is 61.0 Å². The highest BCUT2D eigenvalue weighted by atomic mass is 16.6. The lowest BCUT2D eigenvalue weighted by molar-refractivity contribution is -0.904. The molecule has 0 spiro atoms. The van der Waals surface area contributed by atoms with E-state index in [1.54, 1.807) is 4.90 Å². The standard InChI is InChI=1S/C11H22N2O3/c1-11(2,3)16-10(15)13-6-4-12(5-7-13)8-9-14/h14H,4-9H2,1-3H3/p+1. The Morgan fingerprint density at radius 3 is 2.38 bits per heavy atom. The third-order valence-electron chi connectivity index (χ3n) is 2.59. The number of nitrogens with zero attached hydrogens (tertiary/aromatic N) is 1. The van der Waals surface area contributed by atoms with Crippen LogP contribution in [0.4, 0.5) is 4.79 Å². The number of carbonyl (C=O) groups is 1. The topological polar surface area (TPSA) is 54.2 Å². The van der Waals surface area contributed by atoms with Crippen molar-refractivity contribution in [3.63, 3.8) is 0 Å². The number of amides is 1. The number of piperazine rings is 1. The summed E-state index contributed by atoms with van der Waals surface area (Å²) >= 11 is 0. The van der Waals surface area contributed by atoms with Gasteiger partial charge in [0.1, 0.15) is 12.1 Å². The van der Waals surface area contributed by atoms with Crippen LogP contribution in [0, 0.1) is 0 Å². The average molecular weight is 231 g/mol. The van der Waals surface area contributed by atoms with E-state index in [-0.39, 0.29) is 12.7 Å². The molecule has 5 nitrogen and oxygen atoms in total.